The minimum atomic E-state index is 0.246. The predicted octanol–water partition coefficient (Wildman–Crippen LogP) is 2.16. The first-order valence-electron chi connectivity index (χ1n) is 5.47. The van der Waals surface area contributed by atoms with E-state index in [1.54, 1.807) is 12.3 Å². The topological polar surface area (TPSA) is 54.9 Å². The van der Waals surface area contributed by atoms with E-state index in [4.69, 9.17) is 21.7 Å². The van der Waals surface area contributed by atoms with Crippen LogP contribution in [0.1, 0.15) is 5.56 Å². The van der Waals surface area contributed by atoms with Crippen LogP contribution >= 0.6 is 28.1 Å². The number of hydrogen-bond donors (Lipinski definition) is 2. The number of nitrogens with one attached hydrogen (secondary N) is 2. The fourth-order valence-corrected chi connectivity index (χ4v) is 1.96. The maximum Gasteiger partial charge on any atom is 0.231 e. The largest absolute Gasteiger partial charge is 0.454 e. The zero-order valence-corrected chi connectivity index (χ0v) is 12.4. The Morgan fingerprint density at radius 2 is 2.21 bits per heavy atom. The lowest BCUT2D eigenvalue weighted by atomic mass is 10.2. The maximum atomic E-state index is 5.30. The van der Waals surface area contributed by atoms with Gasteiger partial charge in [-0.3, -0.25) is 5.43 Å². The number of hydrogen-bond acceptors (Lipinski definition) is 4. The molecule has 100 valence electrons. The number of hydrazone groups is 1. The Balaban J connectivity index is 1.99. The van der Waals surface area contributed by atoms with E-state index in [1.807, 2.05) is 12.1 Å². The highest BCUT2D eigenvalue weighted by Crippen LogP contribution is 2.36. The van der Waals surface area contributed by atoms with Crippen molar-refractivity contribution in [2.45, 2.75) is 0 Å². The Kier molecular flexibility index (Phi) is 4.75. The van der Waals surface area contributed by atoms with Crippen molar-refractivity contribution in [3.8, 4) is 11.5 Å². The molecule has 0 saturated carbocycles. The van der Waals surface area contributed by atoms with Crippen molar-refractivity contribution >= 4 is 39.5 Å². The Labute approximate surface area is 124 Å². The van der Waals surface area contributed by atoms with Gasteiger partial charge in [0.25, 0.3) is 0 Å². The van der Waals surface area contributed by atoms with E-state index in [0.29, 0.717) is 17.4 Å². The van der Waals surface area contributed by atoms with Crippen molar-refractivity contribution in [3.05, 3.63) is 34.8 Å². The fraction of sp³-hybridized carbons (Fsp3) is 0.167. The smallest absolute Gasteiger partial charge is 0.231 e. The minimum absolute atomic E-state index is 0.246. The zero-order valence-electron chi connectivity index (χ0n) is 9.98. The molecule has 0 fully saturated rings. The molecule has 2 rings (SSSR count). The zero-order chi connectivity index (χ0) is 13.7. The van der Waals surface area contributed by atoms with E-state index in [0.717, 1.165) is 15.8 Å². The number of fused-ring (bicyclic) bond motifs is 1. The van der Waals surface area contributed by atoms with E-state index >= 15 is 0 Å². The van der Waals surface area contributed by atoms with Crippen LogP contribution in [0.5, 0.6) is 11.5 Å². The Bertz CT molecular complexity index is 534. The van der Waals surface area contributed by atoms with Crippen LogP contribution in [0.2, 0.25) is 0 Å². The summed E-state index contributed by atoms with van der Waals surface area (Å²) >= 11 is 8.45. The van der Waals surface area contributed by atoms with Crippen LogP contribution in [0.3, 0.4) is 0 Å². The third-order valence-electron chi connectivity index (χ3n) is 2.27. The molecule has 0 bridgehead atoms. The second kappa shape index (κ2) is 6.53. The van der Waals surface area contributed by atoms with Gasteiger partial charge in [-0.15, -0.1) is 6.58 Å². The average Bonchev–Trinajstić information content (AvgIpc) is 2.83. The van der Waals surface area contributed by atoms with Gasteiger partial charge in [-0.2, -0.15) is 5.10 Å². The Morgan fingerprint density at radius 1 is 1.47 bits per heavy atom. The molecule has 0 amide bonds. The van der Waals surface area contributed by atoms with E-state index in [2.05, 4.69) is 38.4 Å². The minimum Gasteiger partial charge on any atom is -0.454 e. The van der Waals surface area contributed by atoms with Crippen molar-refractivity contribution in [1.82, 2.24) is 10.7 Å². The highest BCUT2D eigenvalue weighted by molar-refractivity contribution is 9.10. The van der Waals surface area contributed by atoms with Crippen molar-refractivity contribution in [2.24, 2.45) is 5.10 Å². The van der Waals surface area contributed by atoms with Gasteiger partial charge >= 0.3 is 0 Å². The van der Waals surface area contributed by atoms with Gasteiger partial charge in [-0.1, -0.05) is 6.08 Å². The van der Waals surface area contributed by atoms with Gasteiger partial charge in [0.1, 0.15) is 0 Å². The van der Waals surface area contributed by atoms with Crippen LogP contribution in [0.25, 0.3) is 0 Å². The standard InChI is InChI=1S/C12H12BrN3O2S/c1-2-3-14-12(19)16-15-6-8-4-10-11(5-9(8)13)18-7-17-10/h2,4-6H,1,3,7H2,(H2,14,16,19). The van der Waals surface area contributed by atoms with Crippen LogP contribution < -0.4 is 20.2 Å². The summed E-state index contributed by atoms with van der Waals surface area (Å²) in [4.78, 5) is 0. The predicted molar refractivity (Wildman–Crippen MR) is 81.8 cm³/mol. The quantitative estimate of drug-likeness (QED) is 0.380. The molecule has 0 aromatic heterocycles. The fourth-order valence-electron chi connectivity index (χ4n) is 1.40. The Hall–Kier alpha value is -1.60. The molecule has 7 heteroatoms. The molecule has 1 aliphatic heterocycles. The molecular weight excluding hydrogens is 330 g/mol. The summed E-state index contributed by atoms with van der Waals surface area (Å²) in [5, 5.41) is 7.39. The molecule has 1 aromatic rings. The second-order valence-electron chi connectivity index (χ2n) is 3.60. The number of nitrogens with zero attached hydrogens (tertiary/aromatic N) is 1. The maximum absolute atomic E-state index is 5.30. The summed E-state index contributed by atoms with van der Waals surface area (Å²) < 4.78 is 11.4. The summed E-state index contributed by atoms with van der Waals surface area (Å²) in [6.45, 7) is 4.42. The molecule has 0 radical (unpaired) electrons. The summed E-state index contributed by atoms with van der Waals surface area (Å²) in [5.74, 6) is 1.43. The van der Waals surface area contributed by atoms with E-state index in [9.17, 15) is 0 Å². The SMILES string of the molecule is C=CCNC(=S)NN=Cc1cc2c(cc1Br)OCO2. The number of thiocarbonyl (C=S) groups is 1. The van der Waals surface area contributed by atoms with Gasteiger partial charge in [0.15, 0.2) is 16.6 Å². The lowest BCUT2D eigenvalue weighted by Crippen LogP contribution is -2.31. The summed E-state index contributed by atoms with van der Waals surface area (Å²) in [6.07, 6.45) is 3.36. The molecule has 5 nitrogen and oxygen atoms in total. The number of ether oxygens (including phenoxy) is 2. The molecular formula is C12H12BrN3O2S. The van der Waals surface area contributed by atoms with Gasteiger partial charge in [0.2, 0.25) is 6.79 Å². The van der Waals surface area contributed by atoms with Crippen molar-refractivity contribution in [3.63, 3.8) is 0 Å². The van der Waals surface area contributed by atoms with Gasteiger partial charge in [0, 0.05) is 16.6 Å². The van der Waals surface area contributed by atoms with Gasteiger partial charge in [-0.25, -0.2) is 0 Å². The highest BCUT2D eigenvalue weighted by Gasteiger charge is 2.15. The normalized spacial score (nSPS) is 12.5. The van der Waals surface area contributed by atoms with E-state index < -0.39 is 0 Å². The molecule has 0 saturated heterocycles. The van der Waals surface area contributed by atoms with Crippen LogP contribution in [-0.2, 0) is 0 Å². The molecule has 0 unspecified atom stereocenters. The average molecular weight is 342 g/mol. The summed E-state index contributed by atoms with van der Waals surface area (Å²) in [6, 6.07) is 3.69. The molecule has 19 heavy (non-hydrogen) atoms. The third kappa shape index (κ3) is 3.68. The van der Waals surface area contributed by atoms with Crippen molar-refractivity contribution < 1.29 is 9.47 Å². The number of halogens is 1. The van der Waals surface area contributed by atoms with E-state index in [-0.39, 0.29) is 6.79 Å². The highest BCUT2D eigenvalue weighted by atomic mass is 79.9. The number of rotatable bonds is 4. The second-order valence-corrected chi connectivity index (χ2v) is 4.86. The first kappa shape index (κ1) is 13.8. The lowest BCUT2D eigenvalue weighted by Gasteiger charge is -2.04. The van der Waals surface area contributed by atoms with Gasteiger partial charge in [-0.05, 0) is 40.3 Å². The van der Waals surface area contributed by atoms with Crippen molar-refractivity contribution in [2.75, 3.05) is 13.3 Å². The molecule has 1 heterocycles. The molecule has 2 N–H and O–H groups in total. The summed E-state index contributed by atoms with van der Waals surface area (Å²) in [5.41, 5.74) is 3.57. The summed E-state index contributed by atoms with van der Waals surface area (Å²) in [7, 11) is 0. The van der Waals surface area contributed by atoms with Gasteiger partial charge in [0.05, 0.1) is 6.21 Å². The van der Waals surface area contributed by atoms with Crippen LogP contribution in [0.4, 0.5) is 0 Å². The Morgan fingerprint density at radius 3 is 2.95 bits per heavy atom. The van der Waals surface area contributed by atoms with Crippen LogP contribution in [-0.4, -0.2) is 24.7 Å². The van der Waals surface area contributed by atoms with E-state index in [1.165, 1.54) is 0 Å². The first-order chi connectivity index (χ1) is 9.20. The molecule has 0 spiro atoms. The molecule has 1 aromatic carbocycles. The number of benzene rings is 1. The molecule has 0 aliphatic carbocycles. The van der Waals surface area contributed by atoms with Crippen LogP contribution in [0.15, 0.2) is 34.4 Å². The van der Waals surface area contributed by atoms with Gasteiger partial charge < -0.3 is 14.8 Å². The molecule has 1 aliphatic rings. The monoisotopic (exact) mass is 341 g/mol. The lowest BCUT2D eigenvalue weighted by molar-refractivity contribution is 0.174. The van der Waals surface area contributed by atoms with Crippen molar-refractivity contribution in [1.29, 1.82) is 0 Å². The van der Waals surface area contributed by atoms with Crippen LogP contribution in [0, 0.1) is 0 Å². The third-order valence-corrected chi connectivity index (χ3v) is 3.19. The first-order valence-corrected chi connectivity index (χ1v) is 6.68. The molecule has 0 atom stereocenters.